The SMILES string of the molecule is CCc1cc(F)cc(C(CO)NC(=O)C(C)N2Cc3ccc(-c4nc(NC5CCOCC5)ncc4Br)cc3S2(=O)=O)c1. The van der Waals surface area contributed by atoms with E-state index in [1.165, 1.54) is 19.1 Å². The van der Waals surface area contributed by atoms with Gasteiger partial charge in [-0.25, -0.2) is 22.8 Å². The van der Waals surface area contributed by atoms with Crippen LogP contribution in [0.1, 0.15) is 49.4 Å². The second-order valence-corrected chi connectivity index (χ2v) is 13.2. The lowest BCUT2D eigenvalue weighted by Crippen LogP contribution is -2.46. The molecule has 10 nitrogen and oxygen atoms in total. The zero-order chi connectivity index (χ0) is 30.0. The zero-order valence-corrected chi connectivity index (χ0v) is 25.7. The Morgan fingerprint density at radius 3 is 2.71 bits per heavy atom. The Bertz CT molecular complexity index is 1580. The molecule has 2 atom stereocenters. The number of halogens is 2. The lowest BCUT2D eigenvalue weighted by molar-refractivity contribution is -0.125. The van der Waals surface area contributed by atoms with E-state index in [1.807, 2.05) is 6.92 Å². The molecule has 2 aliphatic heterocycles. The minimum Gasteiger partial charge on any atom is -0.394 e. The van der Waals surface area contributed by atoms with Crippen LogP contribution >= 0.6 is 15.9 Å². The first-order valence-corrected chi connectivity index (χ1v) is 16.1. The first-order chi connectivity index (χ1) is 20.1. The summed E-state index contributed by atoms with van der Waals surface area (Å²) in [6.45, 7) is 4.25. The normalized spacial score (nSPS) is 18.3. The molecule has 2 aliphatic rings. The van der Waals surface area contributed by atoms with Crippen LogP contribution in [-0.2, 0) is 32.5 Å². The molecule has 0 aliphatic carbocycles. The van der Waals surface area contributed by atoms with Gasteiger partial charge in [0.2, 0.25) is 21.9 Å². The summed E-state index contributed by atoms with van der Waals surface area (Å²) in [7, 11) is -4.03. The van der Waals surface area contributed by atoms with Crippen molar-refractivity contribution in [3.63, 3.8) is 0 Å². The Morgan fingerprint density at radius 2 is 2.00 bits per heavy atom. The lowest BCUT2D eigenvalue weighted by atomic mass is 10.0. The van der Waals surface area contributed by atoms with E-state index in [0.29, 0.717) is 52.4 Å². The van der Waals surface area contributed by atoms with Crippen LogP contribution in [-0.4, -0.2) is 65.6 Å². The molecule has 0 radical (unpaired) electrons. The number of carbonyl (C=O) groups excluding carboxylic acids is 1. The van der Waals surface area contributed by atoms with Crippen LogP contribution in [0.3, 0.4) is 0 Å². The van der Waals surface area contributed by atoms with Crippen molar-refractivity contribution in [2.45, 2.75) is 62.7 Å². The monoisotopic (exact) mass is 661 g/mol. The highest BCUT2D eigenvalue weighted by Crippen LogP contribution is 2.36. The molecule has 2 unspecified atom stereocenters. The molecular weight excluding hydrogens is 629 g/mol. The van der Waals surface area contributed by atoms with Crippen LogP contribution in [0.25, 0.3) is 11.3 Å². The maximum absolute atomic E-state index is 14.1. The summed E-state index contributed by atoms with van der Waals surface area (Å²) in [5, 5.41) is 16.0. The number of ether oxygens (including phenoxy) is 1. The standard InChI is InChI=1S/C29H33BrFN5O5S/c1-3-18-10-21(12-22(31)11-18)25(16-37)34-28(38)17(2)36-15-20-5-4-19(13-26(20)42(36,39)40)27-24(30)14-32-29(35-27)33-23-6-8-41-9-7-23/h4-5,10-14,17,23,25,37H,3,6-9,15-16H2,1-2H3,(H,34,38)(H,32,33,35). The van der Waals surface area contributed by atoms with Gasteiger partial charge < -0.3 is 20.5 Å². The third-order valence-corrected chi connectivity index (χ3v) is 10.2. The van der Waals surface area contributed by atoms with Crippen molar-refractivity contribution in [3.8, 4) is 11.3 Å². The van der Waals surface area contributed by atoms with Gasteiger partial charge >= 0.3 is 0 Å². The van der Waals surface area contributed by atoms with Gasteiger partial charge in [-0.15, -0.1) is 0 Å². The van der Waals surface area contributed by atoms with Crippen molar-refractivity contribution in [1.29, 1.82) is 0 Å². The number of benzene rings is 2. The van der Waals surface area contributed by atoms with E-state index >= 15 is 0 Å². The molecule has 3 N–H and O–H groups in total. The fourth-order valence-corrected chi connectivity index (χ4v) is 7.43. The van der Waals surface area contributed by atoms with Crippen LogP contribution in [0.2, 0.25) is 0 Å². The average Bonchev–Trinajstić information content (AvgIpc) is 3.25. The number of aliphatic hydroxyl groups excluding tert-OH is 1. The van der Waals surface area contributed by atoms with E-state index in [-0.39, 0.29) is 17.5 Å². The van der Waals surface area contributed by atoms with Gasteiger partial charge in [-0.05, 0) is 77.0 Å². The molecule has 224 valence electrons. The fourth-order valence-electron chi connectivity index (χ4n) is 5.20. The number of carbonyl (C=O) groups is 1. The second kappa shape index (κ2) is 12.7. The van der Waals surface area contributed by atoms with Gasteiger partial charge in [0.1, 0.15) is 11.9 Å². The number of fused-ring (bicyclic) bond motifs is 1. The molecule has 2 aromatic carbocycles. The van der Waals surface area contributed by atoms with Gasteiger partial charge in [-0.1, -0.05) is 25.1 Å². The number of hydrogen-bond acceptors (Lipinski definition) is 8. The maximum Gasteiger partial charge on any atom is 0.244 e. The molecule has 1 amide bonds. The summed E-state index contributed by atoms with van der Waals surface area (Å²) in [5.41, 5.74) is 2.81. The summed E-state index contributed by atoms with van der Waals surface area (Å²) < 4.78 is 48.6. The molecule has 1 saturated heterocycles. The highest BCUT2D eigenvalue weighted by atomic mass is 79.9. The van der Waals surface area contributed by atoms with Crippen LogP contribution in [0.4, 0.5) is 10.3 Å². The number of sulfonamides is 1. The Morgan fingerprint density at radius 1 is 1.24 bits per heavy atom. The number of nitrogens with one attached hydrogen (secondary N) is 2. The number of nitrogens with zero attached hydrogens (tertiary/aromatic N) is 3. The number of rotatable bonds is 9. The van der Waals surface area contributed by atoms with E-state index < -0.39 is 40.4 Å². The summed E-state index contributed by atoms with van der Waals surface area (Å²) in [6.07, 6.45) is 3.89. The number of amides is 1. The molecule has 0 saturated carbocycles. The van der Waals surface area contributed by atoms with Crippen LogP contribution < -0.4 is 10.6 Å². The van der Waals surface area contributed by atoms with Crippen LogP contribution in [0, 0.1) is 5.82 Å². The highest BCUT2D eigenvalue weighted by Gasteiger charge is 2.41. The minimum absolute atomic E-state index is 0.0117. The Labute approximate surface area is 252 Å². The quantitative estimate of drug-likeness (QED) is 0.314. The molecule has 0 spiro atoms. The second-order valence-electron chi connectivity index (χ2n) is 10.5. The number of aromatic nitrogens is 2. The van der Waals surface area contributed by atoms with Crippen molar-refractivity contribution in [2.75, 3.05) is 25.1 Å². The maximum atomic E-state index is 14.1. The predicted molar refractivity (Wildman–Crippen MR) is 159 cm³/mol. The Kier molecular flexibility index (Phi) is 9.23. The molecule has 5 rings (SSSR count). The molecule has 1 aromatic heterocycles. The first kappa shape index (κ1) is 30.5. The van der Waals surface area contributed by atoms with Crippen LogP contribution in [0.5, 0.6) is 0 Å². The summed E-state index contributed by atoms with van der Waals surface area (Å²) >= 11 is 3.49. The van der Waals surface area contributed by atoms with Crippen molar-refractivity contribution < 1.29 is 27.4 Å². The van der Waals surface area contributed by atoms with Crippen LogP contribution in [0.15, 0.2) is 52.0 Å². The van der Waals surface area contributed by atoms with Gasteiger partial charge in [-0.2, -0.15) is 4.31 Å². The lowest BCUT2D eigenvalue weighted by Gasteiger charge is -2.25. The third kappa shape index (κ3) is 6.35. The molecule has 13 heteroatoms. The topological polar surface area (TPSA) is 134 Å². The predicted octanol–water partition coefficient (Wildman–Crippen LogP) is 3.94. The van der Waals surface area contributed by atoms with Crippen molar-refractivity contribution in [2.24, 2.45) is 0 Å². The first-order valence-electron chi connectivity index (χ1n) is 13.8. The summed E-state index contributed by atoms with van der Waals surface area (Å²) in [5.74, 6) is -0.631. The van der Waals surface area contributed by atoms with Crippen molar-refractivity contribution in [3.05, 3.63) is 69.6 Å². The summed E-state index contributed by atoms with van der Waals surface area (Å²) in [4.78, 5) is 22.3. The molecule has 1 fully saturated rings. The highest BCUT2D eigenvalue weighted by molar-refractivity contribution is 9.10. The third-order valence-electron chi connectivity index (χ3n) is 7.65. The fraction of sp³-hybridized carbons (Fsp3) is 0.414. The average molecular weight is 663 g/mol. The Balaban J connectivity index is 1.35. The number of anilines is 1. The minimum atomic E-state index is -4.03. The number of aryl methyl sites for hydroxylation is 1. The van der Waals surface area contributed by atoms with Gasteiger partial charge in [0.25, 0.3) is 0 Å². The summed E-state index contributed by atoms with van der Waals surface area (Å²) in [6, 6.07) is 7.67. The van der Waals surface area contributed by atoms with Gasteiger partial charge in [0, 0.05) is 37.6 Å². The molecule has 42 heavy (non-hydrogen) atoms. The van der Waals surface area contributed by atoms with E-state index in [0.717, 1.165) is 22.7 Å². The van der Waals surface area contributed by atoms with E-state index in [9.17, 15) is 22.7 Å². The molecule has 0 bridgehead atoms. The zero-order valence-electron chi connectivity index (χ0n) is 23.3. The Hall–Kier alpha value is -2.97. The van der Waals surface area contributed by atoms with Gasteiger partial charge in [0.05, 0.1) is 27.7 Å². The van der Waals surface area contributed by atoms with Gasteiger partial charge in [0.15, 0.2) is 0 Å². The largest absolute Gasteiger partial charge is 0.394 e. The molecular formula is C29H33BrFN5O5S. The van der Waals surface area contributed by atoms with E-state index in [2.05, 4.69) is 36.5 Å². The van der Waals surface area contributed by atoms with Crippen molar-refractivity contribution in [1.82, 2.24) is 19.6 Å². The van der Waals surface area contributed by atoms with E-state index in [1.54, 1.807) is 30.5 Å². The molecule has 3 heterocycles. The smallest absolute Gasteiger partial charge is 0.244 e. The van der Waals surface area contributed by atoms with Crippen molar-refractivity contribution >= 4 is 37.8 Å². The van der Waals surface area contributed by atoms with E-state index in [4.69, 9.17) is 4.74 Å². The number of aliphatic hydroxyl groups is 1. The molecule has 3 aromatic rings. The van der Waals surface area contributed by atoms with Gasteiger partial charge in [-0.3, -0.25) is 4.79 Å². The number of hydrogen-bond donors (Lipinski definition) is 3.